The summed E-state index contributed by atoms with van der Waals surface area (Å²) in [5.41, 5.74) is 3.28. The first-order chi connectivity index (χ1) is 14.7. The molecule has 30 heavy (non-hydrogen) atoms. The molecular formula is C24H29N3O3. The number of hydrogen-bond acceptors (Lipinski definition) is 4. The molecule has 1 saturated heterocycles. The van der Waals surface area contributed by atoms with E-state index in [0.29, 0.717) is 12.1 Å². The van der Waals surface area contributed by atoms with Gasteiger partial charge in [-0.3, -0.25) is 9.59 Å². The Hall–Kier alpha value is -3.02. The van der Waals surface area contributed by atoms with Gasteiger partial charge < -0.3 is 20.3 Å². The second-order valence-corrected chi connectivity index (χ2v) is 7.95. The molecule has 6 heteroatoms. The third-order valence-electron chi connectivity index (χ3n) is 5.77. The highest BCUT2D eigenvalue weighted by Gasteiger charge is 2.34. The number of fused-ring (bicyclic) bond motifs is 3. The molecular weight excluding hydrogens is 378 g/mol. The molecule has 0 saturated carbocycles. The second kappa shape index (κ2) is 9.20. The van der Waals surface area contributed by atoms with Crippen molar-refractivity contribution in [2.75, 3.05) is 23.4 Å². The zero-order valence-corrected chi connectivity index (χ0v) is 17.4. The lowest BCUT2D eigenvalue weighted by Crippen LogP contribution is -2.50. The van der Waals surface area contributed by atoms with Gasteiger partial charge in [0.2, 0.25) is 5.91 Å². The van der Waals surface area contributed by atoms with Gasteiger partial charge in [-0.2, -0.15) is 0 Å². The number of hydrogen-bond donors (Lipinski definition) is 2. The van der Waals surface area contributed by atoms with Crippen LogP contribution in [0.15, 0.2) is 42.5 Å². The lowest BCUT2D eigenvalue weighted by molar-refractivity contribution is -0.118. The van der Waals surface area contributed by atoms with Crippen LogP contribution in [-0.2, 0) is 11.3 Å². The van der Waals surface area contributed by atoms with Crippen molar-refractivity contribution in [3.63, 3.8) is 0 Å². The Morgan fingerprint density at radius 3 is 2.83 bits per heavy atom. The van der Waals surface area contributed by atoms with E-state index in [4.69, 9.17) is 4.74 Å². The molecule has 0 aliphatic carbocycles. The number of nitrogens with zero attached hydrogens (tertiary/aromatic N) is 1. The van der Waals surface area contributed by atoms with Gasteiger partial charge in [-0.1, -0.05) is 25.5 Å². The average molecular weight is 408 g/mol. The molecule has 0 radical (unpaired) electrons. The molecule has 2 aliphatic rings. The first kappa shape index (κ1) is 20.3. The molecule has 158 valence electrons. The molecule has 2 amide bonds. The summed E-state index contributed by atoms with van der Waals surface area (Å²) < 4.78 is 5.67. The van der Waals surface area contributed by atoms with E-state index in [2.05, 4.69) is 22.5 Å². The van der Waals surface area contributed by atoms with E-state index in [1.54, 1.807) is 6.07 Å². The van der Waals surface area contributed by atoms with Crippen LogP contribution in [0.1, 0.15) is 54.9 Å². The SMILES string of the molecule is CCCCOc1ccc(CNC(=O)c2ccc3c(c2)NC(=O)[C@@H]2CCCCN32)cc1. The predicted octanol–water partition coefficient (Wildman–Crippen LogP) is 4.11. The van der Waals surface area contributed by atoms with E-state index in [1.165, 1.54) is 0 Å². The van der Waals surface area contributed by atoms with Crippen molar-refractivity contribution < 1.29 is 14.3 Å². The molecule has 0 spiro atoms. The summed E-state index contributed by atoms with van der Waals surface area (Å²) in [5, 5.41) is 5.94. The smallest absolute Gasteiger partial charge is 0.251 e. The molecule has 2 aromatic carbocycles. The minimum absolute atomic E-state index is 0.0287. The van der Waals surface area contributed by atoms with Gasteiger partial charge >= 0.3 is 0 Å². The quantitative estimate of drug-likeness (QED) is 0.678. The summed E-state index contributed by atoms with van der Waals surface area (Å²) in [5.74, 6) is 0.720. The maximum absolute atomic E-state index is 12.6. The number of amides is 2. The number of unbranched alkanes of at least 4 members (excludes halogenated alkanes) is 1. The molecule has 0 unspecified atom stereocenters. The minimum Gasteiger partial charge on any atom is -0.494 e. The van der Waals surface area contributed by atoms with Crippen LogP contribution in [0.25, 0.3) is 0 Å². The summed E-state index contributed by atoms with van der Waals surface area (Å²) in [7, 11) is 0. The van der Waals surface area contributed by atoms with Gasteiger partial charge in [-0.05, 0) is 61.6 Å². The summed E-state index contributed by atoms with van der Waals surface area (Å²) in [6.07, 6.45) is 5.20. The highest BCUT2D eigenvalue weighted by atomic mass is 16.5. The Kier molecular flexibility index (Phi) is 6.21. The summed E-state index contributed by atoms with van der Waals surface area (Å²) in [6.45, 7) is 4.18. The largest absolute Gasteiger partial charge is 0.494 e. The highest BCUT2D eigenvalue weighted by Crippen LogP contribution is 2.36. The molecule has 4 rings (SSSR count). The molecule has 1 atom stereocenters. The first-order valence-corrected chi connectivity index (χ1v) is 10.9. The number of benzene rings is 2. The van der Waals surface area contributed by atoms with Crippen LogP contribution in [0, 0.1) is 0 Å². The maximum atomic E-state index is 12.6. The maximum Gasteiger partial charge on any atom is 0.251 e. The van der Waals surface area contributed by atoms with Crippen molar-refractivity contribution >= 4 is 23.2 Å². The Morgan fingerprint density at radius 1 is 1.20 bits per heavy atom. The number of anilines is 2. The number of carbonyl (C=O) groups is 2. The Balaban J connectivity index is 1.37. The van der Waals surface area contributed by atoms with Crippen LogP contribution >= 0.6 is 0 Å². The molecule has 0 bridgehead atoms. The zero-order valence-electron chi connectivity index (χ0n) is 17.4. The molecule has 1 fully saturated rings. The molecule has 0 aromatic heterocycles. The number of nitrogens with one attached hydrogen (secondary N) is 2. The van der Waals surface area contributed by atoms with Crippen molar-refractivity contribution in [3.8, 4) is 5.75 Å². The van der Waals surface area contributed by atoms with E-state index in [0.717, 1.165) is 67.9 Å². The van der Waals surface area contributed by atoms with Gasteiger partial charge in [0.1, 0.15) is 11.8 Å². The predicted molar refractivity (Wildman–Crippen MR) is 118 cm³/mol. The molecule has 2 aromatic rings. The van der Waals surface area contributed by atoms with Crippen LogP contribution in [0.4, 0.5) is 11.4 Å². The number of ether oxygens (including phenoxy) is 1. The fraction of sp³-hybridized carbons (Fsp3) is 0.417. The van der Waals surface area contributed by atoms with Crippen molar-refractivity contribution in [1.29, 1.82) is 0 Å². The van der Waals surface area contributed by atoms with Crippen molar-refractivity contribution in [1.82, 2.24) is 5.32 Å². The topological polar surface area (TPSA) is 70.7 Å². The van der Waals surface area contributed by atoms with Gasteiger partial charge in [-0.15, -0.1) is 0 Å². The summed E-state index contributed by atoms with van der Waals surface area (Å²) in [6, 6.07) is 13.3. The van der Waals surface area contributed by atoms with Crippen LogP contribution in [-0.4, -0.2) is 31.0 Å². The van der Waals surface area contributed by atoms with Gasteiger partial charge in [0, 0.05) is 18.7 Å². The van der Waals surface area contributed by atoms with E-state index < -0.39 is 0 Å². The fourth-order valence-electron chi connectivity index (χ4n) is 4.06. The van der Waals surface area contributed by atoms with E-state index in [9.17, 15) is 9.59 Å². The van der Waals surface area contributed by atoms with Crippen LogP contribution in [0.2, 0.25) is 0 Å². The van der Waals surface area contributed by atoms with E-state index >= 15 is 0 Å². The summed E-state index contributed by atoms with van der Waals surface area (Å²) >= 11 is 0. The summed E-state index contributed by atoms with van der Waals surface area (Å²) in [4.78, 5) is 27.2. The van der Waals surface area contributed by atoms with Crippen molar-refractivity contribution in [2.24, 2.45) is 0 Å². The molecule has 2 heterocycles. The van der Waals surface area contributed by atoms with Crippen LogP contribution in [0.3, 0.4) is 0 Å². The first-order valence-electron chi connectivity index (χ1n) is 10.9. The molecule has 6 nitrogen and oxygen atoms in total. The number of piperidine rings is 1. The minimum atomic E-state index is -0.156. The van der Waals surface area contributed by atoms with Crippen LogP contribution in [0.5, 0.6) is 5.75 Å². The molecule has 2 N–H and O–H groups in total. The van der Waals surface area contributed by atoms with E-state index in [1.807, 2.05) is 36.4 Å². The molecule has 2 aliphatic heterocycles. The van der Waals surface area contributed by atoms with Gasteiger partial charge in [0.25, 0.3) is 5.91 Å². The number of rotatable bonds is 7. The number of carbonyl (C=O) groups excluding carboxylic acids is 2. The zero-order chi connectivity index (χ0) is 20.9. The normalized spacial score (nSPS) is 17.6. The Labute approximate surface area is 177 Å². The van der Waals surface area contributed by atoms with E-state index in [-0.39, 0.29) is 17.9 Å². The van der Waals surface area contributed by atoms with Gasteiger partial charge in [0.15, 0.2) is 0 Å². The van der Waals surface area contributed by atoms with Gasteiger partial charge in [-0.25, -0.2) is 0 Å². The second-order valence-electron chi connectivity index (χ2n) is 7.95. The van der Waals surface area contributed by atoms with Crippen molar-refractivity contribution in [3.05, 3.63) is 53.6 Å². The average Bonchev–Trinajstić information content (AvgIpc) is 2.78. The van der Waals surface area contributed by atoms with Crippen LogP contribution < -0.4 is 20.3 Å². The lowest BCUT2D eigenvalue weighted by atomic mass is 9.97. The monoisotopic (exact) mass is 407 g/mol. The van der Waals surface area contributed by atoms with Gasteiger partial charge in [0.05, 0.1) is 18.0 Å². The standard InChI is InChI=1S/C24H29N3O3/c1-2-3-14-30-19-10-7-17(8-11-19)16-25-23(28)18-9-12-21-20(15-18)26-24(29)22-6-4-5-13-27(21)22/h7-12,15,22H,2-6,13-14,16H2,1H3,(H,25,28)(H,26,29)/t22-/m0/s1. The Morgan fingerprint density at radius 2 is 2.03 bits per heavy atom. The lowest BCUT2D eigenvalue weighted by Gasteiger charge is -2.41. The third-order valence-corrected chi connectivity index (χ3v) is 5.77. The highest BCUT2D eigenvalue weighted by molar-refractivity contribution is 6.05. The Bertz CT molecular complexity index is 910. The third kappa shape index (κ3) is 4.42. The van der Waals surface area contributed by atoms with Crippen molar-refractivity contribution in [2.45, 2.75) is 51.6 Å². The fourth-order valence-corrected chi connectivity index (χ4v) is 4.06.